The van der Waals surface area contributed by atoms with Gasteiger partial charge in [-0.25, -0.2) is 0 Å². The summed E-state index contributed by atoms with van der Waals surface area (Å²) in [6, 6.07) is 8.87. The molecule has 1 amide bonds. The number of amides is 1. The highest BCUT2D eigenvalue weighted by atomic mass is 127. The number of rotatable bonds is 7. The molecule has 9 heteroatoms. The SMILES string of the molecule is CN=C(NCCNC(=O)c1ccccc1Cl)NCc1cc(C(C)C)no1.I. The first kappa shape index (κ1) is 23.2. The summed E-state index contributed by atoms with van der Waals surface area (Å²) < 4.78 is 5.27. The van der Waals surface area contributed by atoms with Gasteiger partial charge in [-0.05, 0) is 18.1 Å². The smallest absolute Gasteiger partial charge is 0.252 e. The van der Waals surface area contributed by atoms with Crippen LogP contribution in [0.3, 0.4) is 0 Å². The largest absolute Gasteiger partial charge is 0.359 e. The number of carbonyl (C=O) groups is 1. The zero-order valence-electron chi connectivity index (χ0n) is 15.6. The molecule has 0 atom stereocenters. The number of carbonyl (C=O) groups excluding carboxylic acids is 1. The molecule has 1 heterocycles. The molecule has 0 spiro atoms. The van der Waals surface area contributed by atoms with Crippen LogP contribution in [-0.2, 0) is 6.54 Å². The Hall–Kier alpha value is -1.81. The van der Waals surface area contributed by atoms with E-state index < -0.39 is 0 Å². The fraction of sp³-hybridized carbons (Fsp3) is 0.389. The first-order valence-electron chi connectivity index (χ1n) is 8.44. The molecule has 0 bridgehead atoms. The number of hydrogen-bond donors (Lipinski definition) is 3. The minimum atomic E-state index is -0.205. The highest BCUT2D eigenvalue weighted by molar-refractivity contribution is 14.0. The number of nitrogens with one attached hydrogen (secondary N) is 3. The monoisotopic (exact) mass is 505 g/mol. The molecule has 0 saturated carbocycles. The Bertz CT molecular complexity index is 764. The summed E-state index contributed by atoms with van der Waals surface area (Å²) in [5, 5.41) is 13.5. The van der Waals surface area contributed by atoms with Crippen LogP contribution in [0.2, 0.25) is 5.02 Å². The van der Waals surface area contributed by atoms with Crippen LogP contribution in [0.25, 0.3) is 0 Å². The molecule has 0 aliphatic carbocycles. The molecule has 1 aromatic carbocycles. The molecule has 2 aromatic rings. The maximum atomic E-state index is 12.1. The average Bonchev–Trinajstić information content (AvgIpc) is 3.10. The fourth-order valence-corrected chi connectivity index (χ4v) is 2.39. The maximum Gasteiger partial charge on any atom is 0.252 e. The van der Waals surface area contributed by atoms with E-state index in [1.807, 2.05) is 6.07 Å². The number of aliphatic imine (C=N–C) groups is 1. The van der Waals surface area contributed by atoms with Gasteiger partial charge in [0, 0.05) is 26.2 Å². The van der Waals surface area contributed by atoms with Crippen molar-refractivity contribution in [2.45, 2.75) is 26.3 Å². The van der Waals surface area contributed by atoms with Gasteiger partial charge in [0.15, 0.2) is 11.7 Å². The third kappa shape index (κ3) is 7.37. The van der Waals surface area contributed by atoms with Crippen molar-refractivity contribution >= 4 is 47.4 Å². The van der Waals surface area contributed by atoms with Crippen molar-refractivity contribution in [1.82, 2.24) is 21.1 Å². The topological polar surface area (TPSA) is 91.5 Å². The molecule has 0 saturated heterocycles. The molecule has 0 unspecified atom stereocenters. The molecule has 7 nitrogen and oxygen atoms in total. The molecule has 2 rings (SSSR count). The van der Waals surface area contributed by atoms with Crippen LogP contribution in [0.5, 0.6) is 0 Å². The normalized spacial score (nSPS) is 11.1. The predicted octanol–water partition coefficient (Wildman–Crippen LogP) is 3.16. The molecule has 0 aliphatic rings. The van der Waals surface area contributed by atoms with Crippen molar-refractivity contribution in [3.8, 4) is 0 Å². The molecule has 27 heavy (non-hydrogen) atoms. The van der Waals surface area contributed by atoms with E-state index in [9.17, 15) is 4.79 Å². The molecule has 0 fully saturated rings. The van der Waals surface area contributed by atoms with Crippen molar-refractivity contribution in [3.05, 3.63) is 52.4 Å². The van der Waals surface area contributed by atoms with Crippen molar-refractivity contribution in [2.75, 3.05) is 20.1 Å². The van der Waals surface area contributed by atoms with E-state index in [0.29, 0.717) is 42.1 Å². The third-order valence-electron chi connectivity index (χ3n) is 3.64. The van der Waals surface area contributed by atoms with Gasteiger partial charge in [0.2, 0.25) is 0 Å². The van der Waals surface area contributed by atoms with Gasteiger partial charge in [0.1, 0.15) is 0 Å². The van der Waals surface area contributed by atoms with Crippen LogP contribution >= 0.6 is 35.6 Å². The van der Waals surface area contributed by atoms with Crippen LogP contribution in [0.15, 0.2) is 39.8 Å². The fourth-order valence-electron chi connectivity index (χ4n) is 2.17. The minimum absolute atomic E-state index is 0. The Kier molecular flexibility index (Phi) is 10.2. The van der Waals surface area contributed by atoms with Crippen molar-refractivity contribution in [3.63, 3.8) is 0 Å². The highest BCUT2D eigenvalue weighted by Crippen LogP contribution is 2.14. The van der Waals surface area contributed by atoms with E-state index in [1.54, 1.807) is 31.3 Å². The average molecular weight is 506 g/mol. The Morgan fingerprint density at radius 1 is 1.22 bits per heavy atom. The molecule has 1 aromatic heterocycles. The minimum Gasteiger partial charge on any atom is -0.359 e. The van der Waals surface area contributed by atoms with Crippen molar-refractivity contribution in [2.24, 2.45) is 4.99 Å². The van der Waals surface area contributed by atoms with Crippen LogP contribution in [0.1, 0.15) is 41.6 Å². The van der Waals surface area contributed by atoms with Gasteiger partial charge in [-0.1, -0.05) is 42.7 Å². The van der Waals surface area contributed by atoms with E-state index in [-0.39, 0.29) is 29.9 Å². The number of hydrogen-bond acceptors (Lipinski definition) is 4. The molecule has 0 radical (unpaired) electrons. The van der Waals surface area contributed by atoms with Crippen LogP contribution < -0.4 is 16.0 Å². The summed E-state index contributed by atoms with van der Waals surface area (Å²) in [6.45, 7) is 5.55. The lowest BCUT2D eigenvalue weighted by atomic mass is 10.1. The summed E-state index contributed by atoms with van der Waals surface area (Å²) in [4.78, 5) is 16.2. The molecular weight excluding hydrogens is 481 g/mol. The summed E-state index contributed by atoms with van der Waals surface area (Å²) in [5.41, 5.74) is 1.38. The van der Waals surface area contributed by atoms with E-state index >= 15 is 0 Å². The number of nitrogens with zero attached hydrogens (tertiary/aromatic N) is 2. The zero-order valence-corrected chi connectivity index (χ0v) is 18.7. The van der Waals surface area contributed by atoms with E-state index in [0.717, 1.165) is 11.5 Å². The van der Waals surface area contributed by atoms with Gasteiger partial charge in [-0.3, -0.25) is 9.79 Å². The highest BCUT2D eigenvalue weighted by Gasteiger charge is 2.09. The molecule has 3 N–H and O–H groups in total. The Morgan fingerprint density at radius 3 is 2.56 bits per heavy atom. The van der Waals surface area contributed by atoms with Crippen LogP contribution in [0.4, 0.5) is 0 Å². The summed E-state index contributed by atoms with van der Waals surface area (Å²) in [5.74, 6) is 1.47. The van der Waals surface area contributed by atoms with E-state index in [2.05, 4.69) is 39.9 Å². The zero-order chi connectivity index (χ0) is 18.9. The first-order chi connectivity index (χ1) is 12.5. The van der Waals surface area contributed by atoms with Crippen molar-refractivity contribution in [1.29, 1.82) is 0 Å². The molecule has 0 aliphatic heterocycles. The summed E-state index contributed by atoms with van der Waals surface area (Å²) in [6.07, 6.45) is 0. The quantitative estimate of drug-likeness (QED) is 0.233. The molecule has 148 valence electrons. The van der Waals surface area contributed by atoms with Gasteiger partial charge in [0.05, 0.1) is 22.8 Å². The summed E-state index contributed by atoms with van der Waals surface area (Å²) in [7, 11) is 1.68. The van der Waals surface area contributed by atoms with Crippen LogP contribution in [-0.4, -0.2) is 37.2 Å². The van der Waals surface area contributed by atoms with Crippen LogP contribution in [0, 0.1) is 0 Å². The second-order valence-electron chi connectivity index (χ2n) is 5.96. The van der Waals surface area contributed by atoms with Crippen molar-refractivity contribution < 1.29 is 9.32 Å². The van der Waals surface area contributed by atoms with E-state index in [4.69, 9.17) is 16.1 Å². The number of guanidine groups is 1. The first-order valence-corrected chi connectivity index (χ1v) is 8.81. The van der Waals surface area contributed by atoms with Gasteiger partial charge < -0.3 is 20.5 Å². The maximum absolute atomic E-state index is 12.1. The predicted molar refractivity (Wildman–Crippen MR) is 118 cm³/mol. The van der Waals surface area contributed by atoms with Gasteiger partial charge in [-0.15, -0.1) is 24.0 Å². The Balaban J connectivity index is 0.00000364. The number of halogens is 2. The number of aromatic nitrogens is 1. The Morgan fingerprint density at radius 2 is 1.93 bits per heavy atom. The molecular formula is C18H25ClIN5O2. The lowest BCUT2D eigenvalue weighted by Gasteiger charge is -2.11. The van der Waals surface area contributed by atoms with E-state index in [1.165, 1.54) is 0 Å². The van der Waals surface area contributed by atoms with Gasteiger partial charge in [-0.2, -0.15) is 0 Å². The second kappa shape index (κ2) is 11.8. The summed E-state index contributed by atoms with van der Waals surface area (Å²) >= 11 is 6.01. The third-order valence-corrected chi connectivity index (χ3v) is 3.97. The second-order valence-corrected chi connectivity index (χ2v) is 6.37. The van der Waals surface area contributed by atoms with Gasteiger partial charge >= 0.3 is 0 Å². The Labute approximate surface area is 181 Å². The lowest BCUT2D eigenvalue weighted by Crippen LogP contribution is -2.41. The lowest BCUT2D eigenvalue weighted by molar-refractivity contribution is 0.0954. The van der Waals surface area contributed by atoms with Gasteiger partial charge in [0.25, 0.3) is 5.91 Å². The number of benzene rings is 1. The standard InChI is InChI=1S/C18H24ClN5O2.HI/c1-12(2)16-10-13(26-24-16)11-23-18(20-3)22-9-8-21-17(25)14-6-4-5-7-15(14)19;/h4-7,10,12H,8-9,11H2,1-3H3,(H,21,25)(H2,20,22,23);1H.